The Morgan fingerprint density at radius 2 is 2.27 bits per heavy atom. The van der Waals surface area contributed by atoms with E-state index in [1.165, 1.54) is 0 Å². The summed E-state index contributed by atoms with van der Waals surface area (Å²) in [4.78, 5) is 3.25. The lowest BCUT2D eigenvalue weighted by molar-refractivity contribution is 0.569. The second-order valence-electron chi connectivity index (χ2n) is 3.17. The Balaban J connectivity index is 2.87. The van der Waals surface area contributed by atoms with E-state index in [2.05, 4.69) is 9.71 Å². The normalized spacial score (nSPS) is 13.8. The van der Waals surface area contributed by atoms with Crippen molar-refractivity contribution in [3.8, 4) is 0 Å². The summed E-state index contributed by atoms with van der Waals surface area (Å²) in [6.45, 7) is 1.76. The first-order valence-corrected chi connectivity index (χ1v) is 5.76. The van der Waals surface area contributed by atoms with Gasteiger partial charge in [0.2, 0.25) is 10.0 Å². The molecule has 0 aliphatic rings. The molecule has 1 aromatic rings. The van der Waals surface area contributed by atoms with Crippen LogP contribution in [0, 0.1) is 5.82 Å². The Morgan fingerprint density at radius 3 is 2.80 bits per heavy atom. The average molecular weight is 233 g/mol. The van der Waals surface area contributed by atoms with Gasteiger partial charge in [0.15, 0.2) is 0 Å². The van der Waals surface area contributed by atoms with Gasteiger partial charge >= 0.3 is 0 Å². The Morgan fingerprint density at radius 1 is 1.60 bits per heavy atom. The Labute approximate surface area is 87.6 Å². The summed E-state index contributed by atoms with van der Waals surface area (Å²) in [6.07, 6.45) is 2.01. The highest BCUT2D eigenvalue weighted by Crippen LogP contribution is 2.07. The van der Waals surface area contributed by atoms with Gasteiger partial charge in [-0.2, -0.15) is 0 Å². The molecule has 0 saturated heterocycles. The topological polar surface area (TPSA) is 85.1 Å². The van der Waals surface area contributed by atoms with E-state index in [1.54, 1.807) is 6.92 Å². The number of nitrogens with one attached hydrogen (secondary N) is 1. The van der Waals surface area contributed by atoms with Crippen molar-refractivity contribution in [2.75, 3.05) is 6.54 Å². The molecule has 5 nitrogen and oxygen atoms in total. The van der Waals surface area contributed by atoms with Gasteiger partial charge in [-0.05, 0) is 13.0 Å². The standard InChI is InChI=1S/C8H12FN3O2S/c1-6(10)3-12-15(13,14)8-2-7(9)4-11-5-8/h2,4-6,12H,3,10H2,1H3. The summed E-state index contributed by atoms with van der Waals surface area (Å²) in [5, 5.41) is 0. The summed E-state index contributed by atoms with van der Waals surface area (Å²) in [6, 6.07) is 0.595. The molecule has 0 bridgehead atoms. The Bertz CT molecular complexity index is 433. The number of pyridine rings is 1. The highest BCUT2D eigenvalue weighted by Gasteiger charge is 2.15. The molecule has 0 amide bonds. The largest absolute Gasteiger partial charge is 0.327 e. The van der Waals surface area contributed by atoms with Gasteiger partial charge in [-0.15, -0.1) is 0 Å². The lowest BCUT2D eigenvalue weighted by Gasteiger charge is -2.08. The summed E-state index contributed by atoms with van der Waals surface area (Å²) < 4.78 is 38.0. The third-order valence-corrected chi connectivity index (χ3v) is 2.98. The van der Waals surface area contributed by atoms with Crippen molar-refractivity contribution >= 4 is 10.0 Å². The third-order valence-electron chi connectivity index (χ3n) is 1.59. The molecule has 0 aliphatic carbocycles. The molecule has 84 valence electrons. The number of nitrogens with two attached hydrogens (primary N) is 1. The maximum Gasteiger partial charge on any atom is 0.242 e. The molecule has 1 aromatic heterocycles. The number of hydrogen-bond acceptors (Lipinski definition) is 4. The lowest BCUT2D eigenvalue weighted by atomic mass is 10.4. The smallest absolute Gasteiger partial charge is 0.242 e. The molecule has 0 fully saturated rings. The third kappa shape index (κ3) is 3.54. The molecule has 0 radical (unpaired) electrons. The molecule has 0 aromatic carbocycles. The van der Waals surface area contributed by atoms with E-state index in [0.29, 0.717) is 0 Å². The van der Waals surface area contributed by atoms with Gasteiger partial charge in [0, 0.05) is 18.8 Å². The fourth-order valence-electron chi connectivity index (χ4n) is 0.864. The van der Waals surface area contributed by atoms with E-state index >= 15 is 0 Å². The number of aromatic nitrogens is 1. The van der Waals surface area contributed by atoms with Gasteiger partial charge in [-0.25, -0.2) is 17.5 Å². The van der Waals surface area contributed by atoms with Crippen LogP contribution in [0.4, 0.5) is 4.39 Å². The van der Waals surface area contributed by atoms with E-state index < -0.39 is 15.8 Å². The predicted octanol–water partition coefficient (Wildman–Crippen LogP) is -0.154. The number of hydrogen-bond donors (Lipinski definition) is 2. The van der Waals surface area contributed by atoms with E-state index in [9.17, 15) is 12.8 Å². The van der Waals surface area contributed by atoms with Crippen LogP contribution >= 0.6 is 0 Å². The van der Waals surface area contributed by atoms with Crippen molar-refractivity contribution in [3.05, 3.63) is 24.3 Å². The van der Waals surface area contributed by atoms with Gasteiger partial charge in [-0.3, -0.25) is 4.98 Å². The minimum Gasteiger partial charge on any atom is -0.327 e. The number of rotatable bonds is 4. The minimum absolute atomic E-state index is 0.0961. The van der Waals surface area contributed by atoms with Crippen molar-refractivity contribution < 1.29 is 12.8 Å². The first-order chi connectivity index (χ1) is 6.92. The van der Waals surface area contributed by atoms with E-state index in [-0.39, 0.29) is 17.5 Å². The number of nitrogens with zero attached hydrogens (tertiary/aromatic N) is 1. The van der Waals surface area contributed by atoms with Gasteiger partial charge < -0.3 is 5.73 Å². The molecule has 1 rings (SSSR count). The molecule has 0 spiro atoms. The lowest BCUT2D eigenvalue weighted by Crippen LogP contribution is -2.35. The summed E-state index contributed by atoms with van der Waals surface area (Å²) >= 11 is 0. The van der Waals surface area contributed by atoms with Crippen molar-refractivity contribution in [1.82, 2.24) is 9.71 Å². The first-order valence-electron chi connectivity index (χ1n) is 4.27. The molecule has 15 heavy (non-hydrogen) atoms. The van der Waals surface area contributed by atoms with Gasteiger partial charge in [0.1, 0.15) is 10.7 Å². The average Bonchev–Trinajstić information content (AvgIpc) is 2.15. The second-order valence-corrected chi connectivity index (χ2v) is 4.93. The molecule has 1 atom stereocenters. The van der Waals surface area contributed by atoms with Crippen LogP contribution in [0.2, 0.25) is 0 Å². The molecule has 7 heteroatoms. The quantitative estimate of drug-likeness (QED) is 0.757. The molecule has 1 unspecified atom stereocenters. The molecule has 1 heterocycles. The highest BCUT2D eigenvalue weighted by atomic mass is 32.2. The van der Waals surface area contributed by atoms with Crippen LogP contribution in [0.3, 0.4) is 0 Å². The predicted molar refractivity (Wildman–Crippen MR) is 53.0 cm³/mol. The fourth-order valence-corrected chi connectivity index (χ4v) is 1.98. The monoisotopic (exact) mass is 233 g/mol. The van der Waals surface area contributed by atoms with E-state index in [0.717, 1.165) is 18.5 Å². The molecular weight excluding hydrogens is 221 g/mol. The SMILES string of the molecule is CC(N)CNS(=O)(=O)c1cncc(F)c1. The van der Waals surface area contributed by atoms with Crippen molar-refractivity contribution in [3.63, 3.8) is 0 Å². The van der Waals surface area contributed by atoms with Crippen LogP contribution in [0.1, 0.15) is 6.92 Å². The zero-order chi connectivity index (χ0) is 11.5. The maximum atomic E-state index is 12.7. The van der Waals surface area contributed by atoms with E-state index in [4.69, 9.17) is 5.73 Å². The summed E-state index contributed by atoms with van der Waals surface area (Å²) in [5.41, 5.74) is 5.39. The highest BCUT2D eigenvalue weighted by molar-refractivity contribution is 7.89. The zero-order valence-electron chi connectivity index (χ0n) is 8.14. The van der Waals surface area contributed by atoms with Crippen LogP contribution in [0.15, 0.2) is 23.4 Å². The summed E-state index contributed by atoms with van der Waals surface area (Å²) in [5.74, 6) is -0.696. The van der Waals surface area contributed by atoms with Crippen LogP contribution in [-0.4, -0.2) is 26.0 Å². The molecule has 0 aliphatic heterocycles. The maximum absolute atomic E-state index is 12.7. The fraction of sp³-hybridized carbons (Fsp3) is 0.375. The molecule has 0 saturated carbocycles. The first kappa shape index (κ1) is 12.0. The van der Waals surface area contributed by atoms with Crippen LogP contribution in [-0.2, 0) is 10.0 Å². The van der Waals surface area contributed by atoms with Crippen LogP contribution in [0.25, 0.3) is 0 Å². The zero-order valence-corrected chi connectivity index (χ0v) is 8.96. The van der Waals surface area contributed by atoms with Crippen LogP contribution < -0.4 is 10.5 Å². The number of sulfonamides is 1. The van der Waals surface area contributed by atoms with E-state index in [1.807, 2.05) is 0 Å². The van der Waals surface area contributed by atoms with Crippen molar-refractivity contribution in [2.45, 2.75) is 17.9 Å². The molecule has 3 N–H and O–H groups in total. The molecular formula is C8H12FN3O2S. The second kappa shape index (κ2) is 4.65. The van der Waals surface area contributed by atoms with Gasteiger partial charge in [0.05, 0.1) is 6.20 Å². The minimum atomic E-state index is -3.71. The van der Waals surface area contributed by atoms with Gasteiger partial charge in [-0.1, -0.05) is 0 Å². The van der Waals surface area contributed by atoms with Gasteiger partial charge in [0.25, 0.3) is 0 Å². The number of halogens is 1. The van der Waals surface area contributed by atoms with Crippen molar-refractivity contribution in [1.29, 1.82) is 0 Å². The Hall–Kier alpha value is -1.05. The Kier molecular flexibility index (Phi) is 3.72. The van der Waals surface area contributed by atoms with Crippen molar-refractivity contribution in [2.24, 2.45) is 5.73 Å². The summed E-state index contributed by atoms with van der Waals surface area (Å²) in [7, 11) is -3.71. The van der Waals surface area contributed by atoms with Crippen LogP contribution in [0.5, 0.6) is 0 Å².